The number of nitrogens with one attached hydrogen (secondary N) is 3. The molecule has 1 atom stereocenters. The molecule has 2 heterocycles. The van der Waals surface area contributed by atoms with Gasteiger partial charge in [-0.25, -0.2) is 9.59 Å². The largest absolute Gasteiger partial charge is 0.464 e. The molecule has 0 aliphatic rings. The second-order valence-electron chi connectivity index (χ2n) is 8.65. The van der Waals surface area contributed by atoms with Crippen LogP contribution in [-0.2, 0) is 9.47 Å². The van der Waals surface area contributed by atoms with Crippen molar-refractivity contribution in [1.29, 1.82) is 0 Å². The number of anilines is 1. The highest BCUT2D eigenvalue weighted by Gasteiger charge is 2.22. The summed E-state index contributed by atoms with van der Waals surface area (Å²) in [5.41, 5.74) is 2.70. The van der Waals surface area contributed by atoms with Crippen LogP contribution in [-0.4, -0.2) is 40.6 Å². The first-order valence-corrected chi connectivity index (χ1v) is 10.7. The molecular weight excluding hydrogens is 436 g/mol. The van der Waals surface area contributed by atoms with E-state index in [1.807, 2.05) is 6.92 Å². The Kier molecular flexibility index (Phi) is 7.35. The van der Waals surface area contributed by atoms with Crippen LogP contribution in [0.4, 0.5) is 10.5 Å². The van der Waals surface area contributed by atoms with Gasteiger partial charge in [-0.2, -0.15) is 0 Å². The van der Waals surface area contributed by atoms with E-state index < -0.39 is 23.7 Å². The van der Waals surface area contributed by atoms with Crippen LogP contribution in [0.3, 0.4) is 0 Å². The molecule has 3 aromatic rings. The maximum absolute atomic E-state index is 12.9. The molecule has 0 saturated heterocycles. The molecular formula is C25H28N4O5. The molecule has 2 aromatic heterocycles. The van der Waals surface area contributed by atoms with Gasteiger partial charge in [0.1, 0.15) is 11.3 Å². The molecule has 0 saturated carbocycles. The van der Waals surface area contributed by atoms with Crippen LogP contribution in [0.2, 0.25) is 0 Å². The summed E-state index contributed by atoms with van der Waals surface area (Å²) in [5.74, 6) is -0.824. The van der Waals surface area contributed by atoms with E-state index in [1.54, 1.807) is 75.8 Å². The third-order valence-electron chi connectivity index (χ3n) is 4.85. The number of methoxy groups -OCH3 is 1. The Bertz CT molecular complexity index is 1180. The number of amides is 2. The summed E-state index contributed by atoms with van der Waals surface area (Å²) in [6, 6.07) is 9.72. The van der Waals surface area contributed by atoms with Crippen molar-refractivity contribution in [1.82, 2.24) is 15.3 Å². The van der Waals surface area contributed by atoms with Gasteiger partial charge in [-0.15, -0.1) is 0 Å². The number of carbonyl (C=O) groups is 3. The smallest absolute Gasteiger partial charge is 0.408 e. The summed E-state index contributed by atoms with van der Waals surface area (Å²) in [5, 5.41) is 5.65. The van der Waals surface area contributed by atoms with Crippen LogP contribution in [0.5, 0.6) is 0 Å². The Morgan fingerprint density at radius 2 is 1.76 bits per heavy atom. The molecule has 0 bridgehead atoms. The van der Waals surface area contributed by atoms with Gasteiger partial charge in [-0.05, 0) is 69.2 Å². The minimum Gasteiger partial charge on any atom is -0.464 e. The van der Waals surface area contributed by atoms with Crippen molar-refractivity contribution in [3.8, 4) is 11.1 Å². The monoisotopic (exact) mass is 464 g/mol. The fourth-order valence-corrected chi connectivity index (χ4v) is 3.30. The number of alkyl carbamates (subject to hydrolysis) is 1. The van der Waals surface area contributed by atoms with Crippen molar-refractivity contribution in [2.24, 2.45) is 0 Å². The number of rotatable bonds is 6. The number of aromatic nitrogens is 2. The zero-order chi connectivity index (χ0) is 24.9. The van der Waals surface area contributed by atoms with Crippen molar-refractivity contribution in [2.75, 3.05) is 12.4 Å². The van der Waals surface area contributed by atoms with Crippen molar-refractivity contribution >= 4 is 23.7 Å². The summed E-state index contributed by atoms with van der Waals surface area (Å²) in [6.45, 7) is 7.17. The number of hydrogen-bond acceptors (Lipinski definition) is 6. The van der Waals surface area contributed by atoms with Gasteiger partial charge in [0, 0.05) is 35.4 Å². The lowest BCUT2D eigenvalue weighted by Crippen LogP contribution is -2.34. The summed E-state index contributed by atoms with van der Waals surface area (Å²) in [4.78, 5) is 44.0. The third-order valence-corrected chi connectivity index (χ3v) is 4.85. The number of hydrogen-bond donors (Lipinski definition) is 3. The van der Waals surface area contributed by atoms with Gasteiger partial charge >= 0.3 is 12.1 Å². The van der Waals surface area contributed by atoms with Crippen LogP contribution in [0.15, 0.2) is 55.0 Å². The Morgan fingerprint density at radius 1 is 1.06 bits per heavy atom. The van der Waals surface area contributed by atoms with E-state index >= 15 is 0 Å². The Morgan fingerprint density at radius 3 is 2.41 bits per heavy atom. The molecule has 0 radical (unpaired) electrons. The standard InChI is InChI=1S/C25H28N4O5/c1-15(28-24(32)34-25(2,3)4)19-7-6-16(22(30)29-18-8-10-26-11-9-18)12-20(19)17-13-21(27-14-17)23(31)33-5/h6-15,27H,1-5H3,(H,28,32)(H,26,29,30). The van der Waals surface area contributed by atoms with Crippen LogP contribution in [0.1, 0.15) is 60.1 Å². The molecule has 0 aliphatic carbocycles. The average Bonchev–Trinajstić information content (AvgIpc) is 3.27. The first-order valence-electron chi connectivity index (χ1n) is 10.7. The fourth-order valence-electron chi connectivity index (χ4n) is 3.30. The lowest BCUT2D eigenvalue weighted by molar-refractivity contribution is 0.0506. The highest BCUT2D eigenvalue weighted by Crippen LogP contribution is 2.31. The summed E-state index contributed by atoms with van der Waals surface area (Å²) < 4.78 is 10.1. The van der Waals surface area contributed by atoms with Crippen LogP contribution < -0.4 is 10.6 Å². The zero-order valence-electron chi connectivity index (χ0n) is 19.8. The molecule has 3 rings (SSSR count). The number of esters is 1. The second kappa shape index (κ2) is 10.2. The minimum absolute atomic E-state index is 0.267. The zero-order valence-corrected chi connectivity index (χ0v) is 19.8. The van der Waals surface area contributed by atoms with Gasteiger partial charge < -0.3 is 25.1 Å². The number of H-pyrrole nitrogens is 1. The van der Waals surface area contributed by atoms with Crippen LogP contribution in [0.25, 0.3) is 11.1 Å². The Balaban J connectivity index is 1.96. The summed E-state index contributed by atoms with van der Waals surface area (Å²) in [6.07, 6.45) is 4.26. The van der Waals surface area contributed by atoms with Gasteiger partial charge in [0.05, 0.1) is 13.2 Å². The number of benzene rings is 1. The summed E-state index contributed by atoms with van der Waals surface area (Å²) in [7, 11) is 1.30. The van der Waals surface area contributed by atoms with Crippen LogP contribution >= 0.6 is 0 Å². The first-order chi connectivity index (χ1) is 16.1. The molecule has 0 spiro atoms. The van der Waals surface area contributed by atoms with E-state index in [1.165, 1.54) is 7.11 Å². The van der Waals surface area contributed by atoms with Gasteiger partial charge in [0.25, 0.3) is 5.91 Å². The number of aromatic amines is 1. The van der Waals surface area contributed by atoms with Crippen molar-refractivity contribution in [2.45, 2.75) is 39.3 Å². The maximum atomic E-state index is 12.9. The maximum Gasteiger partial charge on any atom is 0.408 e. The molecule has 178 valence electrons. The van der Waals surface area contributed by atoms with E-state index in [2.05, 4.69) is 20.6 Å². The fraction of sp³-hybridized carbons (Fsp3) is 0.280. The molecule has 3 N–H and O–H groups in total. The van der Waals surface area contributed by atoms with E-state index in [0.29, 0.717) is 22.4 Å². The first kappa shape index (κ1) is 24.5. The topological polar surface area (TPSA) is 122 Å². The molecule has 1 aromatic carbocycles. The van der Waals surface area contributed by atoms with Crippen LogP contribution in [0, 0.1) is 0 Å². The molecule has 0 fully saturated rings. The highest BCUT2D eigenvalue weighted by molar-refractivity contribution is 6.05. The molecule has 1 unspecified atom stereocenters. The van der Waals surface area contributed by atoms with Gasteiger partial charge in [-0.1, -0.05) is 6.07 Å². The SMILES string of the molecule is COC(=O)c1cc(-c2cc(C(=O)Nc3ccncc3)ccc2C(C)NC(=O)OC(C)(C)C)c[nH]1. The molecule has 2 amide bonds. The molecule has 9 nitrogen and oxygen atoms in total. The lowest BCUT2D eigenvalue weighted by atomic mass is 9.94. The second-order valence-corrected chi connectivity index (χ2v) is 8.65. The van der Waals surface area contributed by atoms with Gasteiger partial charge in [0.15, 0.2) is 0 Å². The number of ether oxygens (including phenoxy) is 2. The van der Waals surface area contributed by atoms with Crippen molar-refractivity contribution in [3.05, 3.63) is 71.8 Å². The molecule has 9 heteroatoms. The number of pyridine rings is 1. The predicted molar refractivity (Wildman–Crippen MR) is 128 cm³/mol. The minimum atomic E-state index is -0.641. The predicted octanol–water partition coefficient (Wildman–Crippen LogP) is 4.70. The highest BCUT2D eigenvalue weighted by atomic mass is 16.6. The average molecular weight is 465 g/mol. The van der Waals surface area contributed by atoms with E-state index in [-0.39, 0.29) is 11.6 Å². The normalized spacial score (nSPS) is 11.9. The molecule has 0 aliphatic heterocycles. The number of nitrogens with zero attached hydrogens (tertiary/aromatic N) is 1. The quantitative estimate of drug-likeness (QED) is 0.455. The van der Waals surface area contributed by atoms with Crippen molar-refractivity contribution in [3.63, 3.8) is 0 Å². The van der Waals surface area contributed by atoms with Gasteiger partial charge in [-0.3, -0.25) is 9.78 Å². The molecule has 34 heavy (non-hydrogen) atoms. The van der Waals surface area contributed by atoms with Gasteiger partial charge in [0.2, 0.25) is 0 Å². The Hall–Kier alpha value is -4.14. The summed E-state index contributed by atoms with van der Waals surface area (Å²) >= 11 is 0. The van der Waals surface area contributed by atoms with E-state index in [4.69, 9.17) is 9.47 Å². The van der Waals surface area contributed by atoms with E-state index in [9.17, 15) is 14.4 Å². The Labute approximate surface area is 197 Å². The third kappa shape index (κ3) is 6.22. The number of carbonyl (C=O) groups excluding carboxylic acids is 3. The lowest BCUT2D eigenvalue weighted by Gasteiger charge is -2.23. The van der Waals surface area contributed by atoms with E-state index in [0.717, 1.165) is 5.56 Å². The van der Waals surface area contributed by atoms with Crippen molar-refractivity contribution < 1.29 is 23.9 Å².